The van der Waals surface area contributed by atoms with E-state index >= 15 is 0 Å². The van der Waals surface area contributed by atoms with E-state index in [0.29, 0.717) is 0 Å². The van der Waals surface area contributed by atoms with Crippen LogP contribution in [0.15, 0.2) is 365 Å². The Kier molecular flexibility index (Phi) is 16.4. The molecule has 0 radical (unpaired) electrons. The molecule has 16 aromatic carbocycles. The monoisotopic (exact) mass is 1620 g/mol. The van der Waals surface area contributed by atoms with Crippen LogP contribution in [-0.2, 0) is 16.2 Å². The second-order valence-electron chi connectivity index (χ2n) is 31.5. The molecule has 532 valence electrons. The van der Waals surface area contributed by atoms with Gasteiger partial charge < -0.3 is 13.7 Å². The molecule has 0 unspecified atom stereocenters. The van der Waals surface area contributed by atoms with Crippen molar-refractivity contribution in [3.8, 4) is 95.0 Å². The van der Waals surface area contributed by atoms with E-state index in [9.17, 15) is 0 Å². The number of fused-ring (bicyclic) bond motifs is 18. The molecule has 0 saturated heterocycles. The fraction of sp³-hybridized carbons (Fsp3) is 0.0857. The first kappa shape index (κ1) is 68.6. The zero-order chi connectivity index (χ0) is 75.2. The van der Waals surface area contributed by atoms with Crippen LogP contribution in [-0.4, -0.2) is 13.7 Å². The number of nitrogens with zero attached hydrogens (tertiary/aromatic N) is 3. The molecule has 111 heavy (non-hydrogen) atoms. The van der Waals surface area contributed by atoms with Crippen molar-refractivity contribution in [3.05, 3.63) is 399 Å². The van der Waals surface area contributed by atoms with E-state index in [-0.39, 0.29) is 16.2 Å². The van der Waals surface area contributed by atoms with Crippen molar-refractivity contribution in [2.45, 2.75) is 57.8 Å². The van der Waals surface area contributed by atoms with Gasteiger partial charge in [-0.25, -0.2) is 0 Å². The first-order valence-corrected chi connectivity index (χ1v) is 40.6. The van der Waals surface area contributed by atoms with Crippen molar-refractivity contribution in [1.29, 1.82) is 0 Å². The third kappa shape index (κ3) is 11.1. The van der Waals surface area contributed by atoms with Crippen LogP contribution in [0.4, 0.5) is 0 Å². The van der Waals surface area contributed by atoms with Crippen LogP contribution in [0, 0.1) is 0 Å². The summed E-state index contributed by atoms with van der Waals surface area (Å²) in [6.07, 6.45) is 0. The van der Waals surface area contributed by atoms with E-state index in [1.807, 2.05) is 0 Å². The molecule has 0 fully saturated rings. The molecule has 6 heteroatoms. The molecule has 19 aromatic rings. The van der Waals surface area contributed by atoms with Crippen molar-refractivity contribution < 1.29 is 0 Å². The lowest BCUT2D eigenvalue weighted by atomic mass is 9.81. The average molecular weight is 1620 g/mol. The maximum absolute atomic E-state index is 3.67. The van der Waals surface area contributed by atoms with Crippen LogP contribution >= 0.6 is 47.8 Å². The molecule has 0 spiro atoms. The third-order valence-electron chi connectivity index (χ3n) is 24.1. The minimum atomic E-state index is -0.105. The van der Waals surface area contributed by atoms with Crippen LogP contribution in [0.2, 0.25) is 0 Å². The molecule has 0 aliphatic heterocycles. The van der Waals surface area contributed by atoms with Gasteiger partial charge >= 0.3 is 0 Å². The summed E-state index contributed by atoms with van der Waals surface area (Å²) in [6.45, 7) is 14.1. The molecular formula is C105H76Br3N3. The zero-order valence-corrected chi connectivity index (χ0v) is 67.2. The Labute approximate surface area is 672 Å². The molecular weight excluding hydrogens is 1540 g/mol. The van der Waals surface area contributed by atoms with Gasteiger partial charge in [-0.3, -0.25) is 0 Å². The highest BCUT2D eigenvalue weighted by Crippen LogP contribution is 2.55. The molecule has 0 saturated carbocycles. The Hall–Kier alpha value is -11.6. The highest BCUT2D eigenvalue weighted by Gasteiger charge is 2.40. The molecule has 3 aliphatic carbocycles. The minimum absolute atomic E-state index is 0.0180. The van der Waals surface area contributed by atoms with Gasteiger partial charge in [-0.05, 0) is 227 Å². The fourth-order valence-corrected chi connectivity index (χ4v) is 20.1. The van der Waals surface area contributed by atoms with Crippen LogP contribution in [0.25, 0.3) is 160 Å². The molecule has 3 aromatic heterocycles. The quantitative estimate of drug-likeness (QED) is 0.151. The number of rotatable bonds is 7. The number of halogens is 3. The number of benzene rings is 16. The smallest absolute Gasteiger partial charge is 0.0543 e. The average Bonchev–Trinajstić information content (AvgIpc) is 1.55. The van der Waals surface area contributed by atoms with Crippen molar-refractivity contribution >= 4 is 113 Å². The van der Waals surface area contributed by atoms with Crippen LogP contribution in [0.3, 0.4) is 0 Å². The Morgan fingerprint density at radius 2 is 0.550 bits per heavy atom. The van der Waals surface area contributed by atoms with Crippen molar-refractivity contribution in [2.75, 3.05) is 0 Å². The SMILES string of the molecule is CC1(C)c2ccccc2-c2c(-n3c4ccccc4c4cc(-c5cccc(Br)c5)ccc43)cccc21.CC1(C)c2ccccc2-c2cc(-n3c4ccccc4c4cc(-c5cccc(Br)c5)ccc43)ccc21.CC1(C)c2ccccc2-c2cccc(-n3c4ccc(-c5ccccc5)cc4c4cc(-c5cccc(Br)c5)ccc43)c21. The van der Waals surface area contributed by atoms with E-state index in [2.05, 4.69) is 455 Å². The van der Waals surface area contributed by atoms with Crippen LogP contribution in [0.1, 0.15) is 74.9 Å². The van der Waals surface area contributed by atoms with E-state index < -0.39 is 0 Å². The number of hydrogen-bond donors (Lipinski definition) is 0. The van der Waals surface area contributed by atoms with Gasteiger partial charge in [-0.15, -0.1) is 0 Å². The number of aromatic nitrogens is 3. The highest BCUT2D eigenvalue weighted by atomic mass is 79.9. The molecule has 22 rings (SSSR count). The largest absolute Gasteiger partial charge is 0.309 e. The van der Waals surface area contributed by atoms with E-state index in [1.165, 1.54) is 194 Å². The van der Waals surface area contributed by atoms with Crippen molar-refractivity contribution in [1.82, 2.24) is 13.7 Å². The van der Waals surface area contributed by atoms with Crippen molar-refractivity contribution in [2.24, 2.45) is 0 Å². The highest BCUT2D eigenvalue weighted by molar-refractivity contribution is 9.11. The molecule has 0 atom stereocenters. The number of para-hydroxylation sites is 2. The summed E-state index contributed by atoms with van der Waals surface area (Å²) in [7, 11) is 0. The first-order valence-electron chi connectivity index (χ1n) is 38.3. The maximum atomic E-state index is 3.67. The molecule has 0 amide bonds. The van der Waals surface area contributed by atoms with Gasteiger partial charge in [-0.1, -0.05) is 320 Å². The second-order valence-corrected chi connectivity index (χ2v) is 34.3. The van der Waals surface area contributed by atoms with Gasteiger partial charge in [-0.2, -0.15) is 0 Å². The Morgan fingerprint density at radius 1 is 0.207 bits per heavy atom. The van der Waals surface area contributed by atoms with Gasteiger partial charge in [0.15, 0.2) is 0 Å². The normalized spacial score (nSPS) is 13.7. The Bertz CT molecular complexity index is 7040. The molecule has 3 heterocycles. The lowest BCUT2D eigenvalue weighted by molar-refractivity contribution is 0.656. The predicted molar refractivity (Wildman–Crippen MR) is 480 cm³/mol. The van der Waals surface area contributed by atoms with Crippen LogP contribution < -0.4 is 0 Å². The Balaban J connectivity index is 0.000000109. The fourth-order valence-electron chi connectivity index (χ4n) is 18.9. The summed E-state index contributed by atoms with van der Waals surface area (Å²) in [5.74, 6) is 0. The van der Waals surface area contributed by atoms with E-state index in [0.717, 1.165) is 13.4 Å². The summed E-state index contributed by atoms with van der Waals surface area (Å²) in [5.41, 5.74) is 37.3. The van der Waals surface area contributed by atoms with Crippen molar-refractivity contribution in [3.63, 3.8) is 0 Å². The summed E-state index contributed by atoms with van der Waals surface area (Å²) in [6, 6.07) is 129. The molecule has 0 bridgehead atoms. The van der Waals surface area contributed by atoms with E-state index in [1.54, 1.807) is 0 Å². The number of hydrogen-bond acceptors (Lipinski definition) is 0. The maximum Gasteiger partial charge on any atom is 0.0543 e. The van der Waals surface area contributed by atoms with Gasteiger partial charge in [0.25, 0.3) is 0 Å². The third-order valence-corrected chi connectivity index (χ3v) is 25.6. The van der Waals surface area contributed by atoms with Crippen LogP contribution in [0.5, 0.6) is 0 Å². The standard InChI is InChI=1S/C39H28BrN.2C33H24BrN/c1-39(2)34-16-7-6-14-30(34)31-15-9-17-37(38(31)39)41-35-20-18-27(25-10-4-3-5-11-25)23-32(35)33-24-28(19-21-36(33)41)26-12-8-13-29(40)22-26;1-33(2)27-13-5-3-12-25(27)32-28(33)14-8-16-31(32)35-29-15-6-4-11-24(29)26-20-22(17-18-30(26)35)21-9-7-10-23(34)19-21;1-33(2)29-12-5-3-10-25(29)27-20-24(15-16-30(27)33)35-31-13-6-4-11-26(31)28-19-22(14-17-32(28)35)21-8-7-9-23(34)18-21/h3-24H,1-2H3;2*3-20H,1-2H3. The summed E-state index contributed by atoms with van der Waals surface area (Å²) < 4.78 is 10.7. The first-order chi connectivity index (χ1) is 54.1. The Morgan fingerprint density at radius 3 is 1.09 bits per heavy atom. The second kappa shape index (κ2) is 26.6. The summed E-state index contributed by atoms with van der Waals surface area (Å²) in [4.78, 5) is 0. The lowest BCUT2D eigenvalue weighted by Gasteiger charge is -2.25. The van der Waals surface area contributed by atoms with E-state index in [4.69, 9.17) is 0 Å². The molecule has 0 N–H and O–H groups in total. The zero-order valence-electron chi connectivity index (χ0n) is 62.5. The molecule has 3 aliphatic rings. The predicted octanol–water partition coefficient (Wildman–Crippen LogP) is 30.2. The van der Waals surface area contributed by atoms with Gasteiger partial charge in [0.1, 0.15) is 0 Å². The molecule has 3 nitrogen and oxygen atoms in total. The lowest BCUT2D eigenvalue weighted by Crippen LogP contribution is -2.18. The topological polar surface area (TPSA) is 14.8 Å². The van der Waals surface area contributed by atoms with Gasteiger partial charge in [0.2, 0.25) is 0 Å². The summed E-state index contributed by atoms with van der Waals surface area (Å²) >= 11 is 10.9. The summed E-state index contributed by atoms with van der Waals surface area (Å²) in [5, 5.41) is 7.65. The van der Waals surface area contributed by atoms with Gasteiger partial charge in [0.05, 0.1) is 44.5 Å². The minimum Gasteiger partial charge on any atom is -0.309 e. The van der Waals surface area contributed by atoms with Gasteiger partial charge in [0, 0.05) is 73.2 Å².